The second kappa shape index (κ2) is 4.38. The van der Waals surface area contributed by atoms with Gasteiger partial charge < -0.3 is 4.74 Å². The highest BCUT2D eigenvalue weighted by Gasteiger charge is 2.07. The standard InChI is InChI=1S/C10H8FNO2/c1-7-4-10(14-3-2-12)8(6-13)5-9(7)11/h4-6H,3H2,1H3. The van der Waals surface area contributed by atoms with E-state index in [0.29, 0.717) is 11.8 Å². The van der Waals surface area contributed by atoms with E-state index >= 15 is 0 Å². The van der Waals surface area contributed by atoms with Crippen LogP contribution in [-0.2, 0) is 0 Å². The van der Waals surface area contributed by atoms with Gasteiger partial charge in [0, 0.05) is 0 Å². The van der Waals surface area contributed by atoms with E-state index < -0.39 is 5.82 Å². The lowest BCUT2D eigenvalue weighted by molar-refractivity contribution is 0.111. The minimum absolute atomic E-state index is 0.114. The molecule has 1 aromatic rings. The van der Waals surface area contributed by atoms with Crippen LogP contribution in [-0.4, -0.2) is 12.9 Å². The summed E-state index contributed by atoms with van der Waals surface area (Å²) in [7, 11) is 0. The Morgan fingerprint density at radius 2 is 2.36 bits per heavy atom. The number of nitriles is 1. The molecule has 0 aromatic heterocycles. The molecular formula is C10H8FNO2. The van der Waals surface area contributed by atoms with Crippen LogP contribution in [0.3, 0.4) is 0 Å². The second-order valence-electron chi connectivity index (χ2n) is 2.70. The summed E-state index contributed by atoms with van der Waals surface area (Å²) in [6.45, 7) is 1.40. The van der Waals surface area contributed by atoms with E-state index in [4.69, 9.17) is 10.00 Å². The summed E-state index contributed by atoms with van der Waals surface area (Å²) in [5.41, 5.74) is 0.492. The third-order valence-corrected chi connectivity index (χ3v) is 1.71. The molecule has 0 saturated heterocycles. The Hall–Kier alpha value is -1.89. The molecule has 0 bridgehead atoms. The second-order valence-corrected chi connectivity index (χ2v) is 2.70. The zero-order valence-electron chi connectivity index (χ0n) is 7.58. The van der Waals surface area contributed by atoms with Crippen molar-refractivity contribution in [2.75, 3.05) is 6.61 Å². The van der Waals surface area contributed by atoms with Gasteiger partial charge in [0.2, 0.25) is 0 Å². The Morgan fingerprint density at radius 3 is 2.93 bits per heavy atom. The predicted octanol–water partition coefficient (Wildman–Crippen LogP) is 1.85. The van der Waals surface area contributed by atoms with Crippen LogP contribution >= 0.6 is 0 Å². The van der Waals surface area contributed by atoms with E-state index in [0.717, 1.165) is 6.07 Å². The number of hydrogen-bond acceptors (Lipinski definition) is 3. The highest BCUT2D eigenvalue weighted by Crippen LogP contribution is 2.21. The molecule has 0 amide bonds. The summed E-state index contributed by atoms with van der Waals surface area (Å²) in [4.78, 5) is 10.5. The molecule has 0 aliphatic rings. The van der Waals surface area contributed by atoms with Crippen LogP contribution in [0.1, 0.15) is 15.9 Å². The van der Waals surface area contributed by atoms with Crippen LogP contribution in [0.5, 0.6) is 5.75 Å². The Balaban J connectivity index is 3.08. The van der Waals surface area contributed by atoms with Gasteiger partial charge >= 0.3 is 0 Å². The van der Waals surface area contributed by atoms with E-state index in [1.54, 1.807) is 13.0 Å². The van der Waals surface area contributed by atoms with Crippen molar-refractivity contribution in [1.82, 2.24) is 0 Å². The van der Waals surface area contributed by atoms with Crippen LogP contribution in [0.2, 0.25) is 0 Å². The molecule has 0 spiro atoms. The van der Waals surface area contributed by atoms with Crippen molar-refractivity contribution in [3.8, 4) is 11.8 Å². The lowest BCUT2D eigenvalue weighted by atomic mass is 10.1. The minimum Gasteiger partial charge on any atom is -0.478 e. The van der Waals surface area contributed by atoms with Crippen LogP contribution < -0.4 is 4.74 Å². The first-order chi connectivity index (χ1) is 6.69. The van der Waals surface area contributed by atoms with Crippen LogP contribution in [0.15, 0.2) is 12.1 Å². The van der Waals surface area contributed by atoms with Gasteiger partial charge in [-0.2, -0.15) is 5.26 Å². The molecule has 0 atom stereocenters. The van der Waals surface area contributed by atoms with Crippen molar-refractivity contribution < 1.29 is 13.9 Å². The number of aryl methyl sites for hydroxylation is 1. The summed E-state index contributed by atoms with van der Waals surface area (Å²) >= 11 is 0. The highest BCUT2D eigenvalue weighted by atomic mass is 19.1. The topological polar surface area (TPSA) is 50.1 Å². The fourth-order valence-corrected chi connectivity index (χ4v) is 0.998. The molecule has 0 aliphatic heterocycles. The number of ether oxygens (including phenoxy) is 1. The van der Waals surface area contributed by atoms with Crippen LogP contribution in [0.25, 0.3) is 0 Å². The third-order valence-electron chi connectivity index (χ3n) is 1.71. The maximum absolute atomic E-state index is 13.0. The molecule has 4 heteroatoms. The highest BCUT2D eigenvalue weighted by molar-refractivity contribution is 5.79. The first-order valence-electron chi connectivity index (χ1n) is 3.94. The maximum atomic E-state index is 13.0. The number of carbonyl (C=O) groups excluding carboxylic acids is 1. The Labute approximate surface area is 80.7 Å². The number of hydrogen-bond donors (Lipinski definition) is 0. The molecular weight excluding hydrogens is 185 g/mol. The third kappa shape index (κ3) is 2.07. The van der Waals surface area contributed by atoms with E-state index in [9.17, 15) is 9.18 Å². The normalized spacial score (nSPS) is 9.21. The van der Waals surface area contributed by atoms with E-state index in [1.807, 2.05) is 0 Å². The molecule has 0 saturated carbocycles. The molecule has 0 N–H and O–H groups in total. The van der Waals surface area contributed by atoms with Gasteiger partial charge in [-0.05, 0) is 24.6 Å². The lowest BCUT2D eigenvalue weighted by Gasteiger charge is -2.06. The van der Waals surface area contributed by atoms with Crippen molar-refractivity contribution in [2.24, 2.45) is 0 Å². The summed E-state index contributed by atoms with van der Waals surface area (Å²) in [5, 5.41) is 8.28. The first-order valence-corrected chi connectivity index (χ1v) is 3.94. The quantitative estimate of drug-likeness (QED) is 0.688. The number of aldehydes is 1. The largest absolute Gasteiger partial charge is 0.478 e. The number of nitrogens with zero attached hydrogens (tertiary/aromatic N) is 1. The average molecular weight is 193 g/mol. The average Bonchev–Trinajstić information content (AvgIpc) is 2.19. The van der Waals surface area contributed by atoms with E-state index in [1.165, 1.54) is 6.07 Å². The molecule has 0 radical (unpaired) electrons. The van der Waals surface area contributed by atoms with Crippen molar-refractivity contribution in [3.05, 3.63) is 29.1 Å². The molecule has 0 unspecified atom stereocenters. The SMILES string of the molecule is Cc1cc(OCC#N)c(C=O)cc1F. The van der Waals surface area contributed by atoms with Gasteiger partial charge in [0.25, 0.3) is 0 Å². The minimum atomic E-state index is -0.462. The molecule has 14 heavy (non-hydrogen) atoms. The first kappa shape index (κ1) is 10.2. The predicted molar refractivity (Wildman–Crippen MR) is 47.6 cm³/mol. The van der Waals surface area contributed by atoms with Gasteiger partial charge in [-0.3, -0.25) is 4.79 Å². The van der Waals surface area contributed by atoms with Crippen molar-refractivity contribution in [2.45, 2.75) is 6.92 Å². The van der Waals surface area contributed by atoms with Gasteiger partial charge in [0.1, 0.15) is 17.6 Å². The van der Waals surface area contributed by atoms with Crippen molar-refractivity contribution in [3.63, 3.8) is 0 Å². The smallest absolute Gasteiger partial charge is 0.174 e. The molecule has 0 aliphatic carbocycles. The zero-order chi connectivity index (χ0) is 10.6. The summed E-state index contributed by atoms with van der Waals surface area (Å²) in [5.74, 6) is -0.225. The van der Waals surface area contributed by atoms with Crippen LogP contribution in [0, 0.1) is 24.1 Å². The van der Waals surface area contributed by atoms with Gasteiger partial charge in [-0.15, -0.1) is 0 Å². The number of halogens is 1. The number of carbonyl (C=O) groups is 1. The van der Waals surface area contributed by atoms with Gasteiger partial charge in [0.05, 0.1) is 5.56 Å². The number of benzene rings is 1. The molecule has 0 fully saturated rings. The van der Waals surface area contributed by atoms with Gasteiger partial charge in [-0.25, -0.2) is 4.39 Å². The Bertz CT molecular complexity index is 396. The fraction of sp³-hybridized carbons (Fsp3) is 0.200. The fourth-order valence-electron chi connectivity index (χ4n) is 0.998. The van der Waals surface area contributed by atoms with Crippen LogP contribution in [0.4, 0.5) is 4.39 Å². The van der Waals surface area contributed by atoms with Crippen molar-refractivity contribution >= 4 is 6.29 Å². The zero-order valence-corrected chi connectivity index (χ0v) is 7.58. The summed E-state index contributed by atoms with van der Waals surface area (Å²) in [6, 6.07) is 4.26. The monoisotopic (exact) mass is 193 g/mol. The summed E-state index contributed by atoms with van der Waals surface area (Å²) < 4.78 is 17.9. The molecule has 3 nitrogen and oxygen atoms in total. The van der Waals surface area contributed by atoms with E-state index in [-0.39, 0.29) is 17.9 Å². The van der Waals surface area contributed by atoms with Gasteiger partial charge in [-0.1, -0.05) is 0 Å². The number of rotatable bonds is 3. The molecule has 1 rings (SSSR count). The van der Waals surface area contributed by atoms with E-state index in [2.05, 4.69) is 0 Å². The molecule has 0 heterocycles. The van der Waals surface area contributed by atoms with Crippen molar-refractivity contribution in [1.29, 1.82) is 5.26 Å². The summed E-state index contributed by atoms with van der Waals surface area (Å²) in [6.07, 6.45) is 0.495. The Morgan fingerprint density at radius 1 is 1.64 bits per heavy atom. The molecule has 1 aromatic carbocycles. The maximum Gasteiger partial charge on any atom is 0.174 e. The Kier molecular flexibility index (Phi) is 3.19. The van der Waals surface area contributed by atoms with Gasteiger partial charge in [0.15, 0.2) is 12.9 Å². The molecule has 72 valence electrons. The lowest BCUT2D eigenvalue weighted by Crippen LogP contribution is -1.99.